The Kier molecular flexibility index (Phi) is 11.6. The molecule has 0 aliphatic rings. The van der Waals surface area contributed by atoms with E-state index in [1.807, 2.05) is 26.0 Å². The highest BCUT2D eigenvalue weighted by atomic mass is 127. The van der Waals surface area contributed by atoms with Crippen LogP contribution in [0.4, 0.5) is 0 Å². The molecule has 0 bridgehead atoms. The summed E-state index contributed by atoms with van der Waals surface area (Å²) in [6.07, 6.45) is 0. The van der Waals surface area contributed by atoms with E-state index in [9.17, 15) is 0 Å². The molecule has 0 aliphatic heterocycles. The van der Waals surface area contributed by atoms with Gasteiger partial charge in [0.1, 0.15) is 5.75 Å². The highest BCUT2D eigenvalue weighted by molar-refractivity contribution is 14.0. The maximum absolute atomic E-state index is 5.75. The zero-order chi connectivity index (χ0) is 19.5. The number of aliphatic imine (C=N–C) groups is 1. The standard InChI is InChI=1S/C22H31N3O2.HI/c1-5-26-16-20-10-8-7-9-18(20)14-24-22(23-4)25-15-19-12-11-17(3)13-21(19)27-6-2;/h7-13H,5-6,14-16H2,1-4H3,(H2,23,24,25);1H. The summed E-state index contributed by atoms with van der Waals surface area (Å²) in [4.78, 5) is 4.33. The van der Waals surface area contributed by atoms with Gasteiger partial charge in [-0.15, -0.1) is 24.0 Å². The number of hydrogen-bond donors (Lipinski definition) is 2. The van der Waals surface area contributed by atoms with Crippen LogP contribution in [0.1, 0.15) is 36.1 Å². The van der Waals surface area contributed by atoms with E-state index in [1.165, 1.54) is 16.7 Å². The Bertz CT molecular complexity index is 750. The molecular weight excluding hydrogens is 465 g/mol. The number of benzene rings is 2. The Morgan fingerprint density at radius 2 is 1.61 bits per heavy atom. The van der Waals surface area contributed by atoms with Crippen LogP contribution in [-0.4, -0.2) is 26.2 Å². The molecule has 0 fully saturated rings. The van der Waals surface area contributed by atoms with E-state index in [4.69, 9.17) is 9.47 Å². The molecule has 0 atom stereocenters. The first kappa shape index (κ1) is 24.2. The van der Waals surface area contributed by atoms with E-state index in [1.54, 1.807) is 7.05 Å². The quantitative estimate of drug-likeness (QED) is 0.306. The molecule has 2 rings (SSSR count). The lowest BCUT2D eigenvalue weighted by Gasteiger charge is -2.16. The van der Waals surface area contributed by atoms with E-state index in [-0.39, 0.29) is 24.0 Å². The summed E-state index contributed by atoms with van der Waals surface area (Å²) in [7, 11) is 1.78. The molecule has 0 radical (unpaired) electrons. The van der Waals surface area contributed by atoms with E-state index < -0.39 is 0 Å². The van der Waals surface area contributed by atoms with Crippen molar-refractivity contribution in [3.63, 3.8) is 0 Å². The van der Waals surface area contributed by atoms with Gasteiger partial charge in [0.05, 0.1) is 13.2 Å². The van der Waals surface area contributed by atoms with Crippen LogP contribution in [0, 0.1) is 6.92 Å². The van der Waals surface area contributed by atoms with Gasteiger partial charge in [-0.2, -0.15) is 0 Å². The summed E-state index contributed by atoms with van der Waals surface area (Å²) in [5.74, 6) is 1.67. The van der Waals surface area contributed by atoms with Crippen molar-refractivity contribution in [1.82, 2.24) is 10.6 Å². The summed E-state index contributed by atoms with van der Waals surface area (Å²) < 4.78 is 11.3. The second kappa shape index (κ2) is 13.4. The highest BCUT2D eigenvalue weighted by Crippen LogP contribution is 2.20. The third-order valence-electron chi connectivity index (χ3n) is 4.22. The molecule has 0 saturated carbocycles. The fraction of sp³-hybridized carbons (Fsp3) is 0.409. The van der Waals surface area contributed by atoms with Crippen molar-refractivity contribution in [3.8, 4) is 5.75 Å². The molecule has 2 N–H and O–H groups in total. The van der Waals surface area contributed by atoms with Gasteiger partial charge in [-0.1, -0.05) is 36.4 Å². The van der Waals surface area contributed by atoms with Crippen molar-refractivity contribution in [3.05, 3.63) is 64.7 Å². The average Bonchev–Trinajstić information content (AvgIpc) is 2.68. The Hall–Kier alpha value is -1.80. The van der Waals surface area contributed by atoms with Crippen LogP contribution in [0.5, 0.6) is 5.75 Å². The van der Waals surface area contributed by atoms with Gasteiger partial charge in [0.15, 0.2) is 5.96 Å². The summed E-state index contributed by atoms with van der Waals surface area (Å²) in [5.41, 5.74) is 4.71. The van der Waals surface area contributed by atoms with Crippen molar-refractivity contribution in [1.29, 1.82) is 0 Å². The Labute approximate surface area is 186 Å². The number of rotatable bonds is 9. The van der Waals surface area contributed by atoms with Crippen LogP contribution in [0.15, 0.2) is 47.5 Å². The highest BCUT2D eigenvalue weighted by Gasteiger charge is 2.07. The van der Waals surface area contributed by atoms with Gasteiger partial charge in [0.2, 0.25) is 0 Å². The molecular formula is C22H32IN3O2. The fourth-order valence-corrected chi connectivity index (χ4v) is 2.76. The second-order valence-corrected chi connectivity index (χ2v) is 6.23. The number of guanidine groups is 1. The molecule has 0 amide bonds. The van der Waals surface area contributed by atoms with Gasteiger partial charge in [0, 0.05) is 32.3 Å². The Morgan fingerprint density at radius 1 is 0.929 bits per heavy atom. The van der Waals surface area contributed by atoms with Gasteiger partial charge in [0.25, 0.3) is 0 Å². The lowest BCUT2D eigenvalue weighted by atomic mass is 10.1. The summed E-state index contributed by atoms with van der Waals surface area (Å²) >= 11 is 0. The van der Waals surface area contributed by atoms with Crippen LogP contribution in [0.2, 0.25) is 0 Å². The molecule has 2 aromatic carbocycles. The normalized spacial score (nSPS) is 10.9. The molecule has 28 heavy (non-hydrogen) atoms. The van der Waals surface area contributed by atoms with E-state index in [0.29, 0.717) is 32.9 Å². The molecule has 5 nitrogen and oxygen atoms in total. The van der Waals surface area contributed by atoms with Gasteiger partial charge >= 0.3 is 0 Å². The van der Waals surface area contributed by atoms with E-state index >= 15 is 0 Å². The largest absolute Gasteiger partial charge is 0.494 e. The molecule has 2 aromatic rings. The molecule has 6 heteroatoms. The SMILES string of the molecule is CCOCc1ccccc1CNC(=NC)NCc1ccc(C)cc1OCC.I. The van der Waals surface area contributed by atoms with Crippen molar-refractivity contribution in [2.24, 2.45) is 4.99 Å². The van der Waals surface area contributed by atoms with Crippen LogP contribution in [-0.2, 0) is 24.4 Å². The van der Waals surface area contributed by atoms with Gasteiger partial charge in [-0.25, -0.2) is 0 Å². The number of nitrogens with zero attached hydrogens (tertiary/aromatic N) is 1. The fourth-order valence-electron chi connectivity index (χ4n) is 2.76. The van der Waals surface area contributed by atoms with Crippen LogP contribution in [0.3, 0.4) is 0 Å². The predicted octanol–water partition coefficient (Wildman–Crippen LogP) is 4.41. The smallest absolute Gasteiger partial charge is 0.191 e. The lowest BCUT2D eigenvalue weighted by molar-refractivity contribution is 0.133. The second-order valence-electron chi connectivity index (χ2n) is 6.23. The number of aryl methyl sites for hydroxylation is 1. The maximum atomic E-state index is 5.75. The first-order chi connectivity index (χ1) is 13.2. The van der Waals surface area contributed by atoms with Crippen molar-refractivity contribution in [2.45, 2.75) is 40.5 Å². The van der Waals surface area contributed by atoms with Crippen LogP contribution in [0.25, 0.3) is 0 Å². The van der Waals surface area contributed by atoms with E-state index in [0.717, 1.165) is 17.3 Å². The third-order valence-corrected chi connectivity index (χ3v) is 4.22. The maximum Gasteiger partial charge on any atom is 0.191 e. The topological polar surface area (TPSA) is 54.9 Å². The van der Waals surface area contributed by atoms with Gasteiger partial charge in [-0.05, 0) is 43.5 Å². The Balaban J connectivity index is 0.00000392. The molecule has 0 aromatic heterocycles. The summed E-state index contributed by atoms with van der Waals surface area (Å²) in [6, 6.07) is 14.6. The predicted molar refractivity (Wildman–Crippen MR) is 127 cm³/mol. The molecule has 0 saturated heterocycles. The van der Waals surface area contributed by atoms with Crippen LogP contribution >= 0.6 is 24.0 Å². The summed E-state index contributed by atoms with van der Waals surface area (Å²) in [5, 5.41) is 6.74. The van der Waals surface area contributed by atoms with Crippen LogP contribution < -0.4 is 15.4 Å². The third kappa shape index (κ3) is 7.67. The number of halogens is 1. The molecule has 0 heterocycles. The number of nitrogens with one attached hydrogen (secondary N) is 2. The van der Waals surface area contributed by atoms with Crippen molar-refractivity contribution in [2.75, 3.05) is 20.3 Å². The minimum atomic E-state index is 0. The van der Waals surface area contributed by atoms with Gasteiger partial charge < -0.3 is 20.1 Å². The number of hydrogen-bond acceptors (Lipinski definition) is 3. The molecule has 0 aliphatic carbocycles. The summed E-state index contributed by atoms with van der Waals surface area (Å²) in [6.45, 7) is 9.41. The zero-order valence-electron chi connectivity index (χ0n) is 17.2. The van der Waals surface area contributed by atoms with E-state index in [2.05, 4.69) is 52.9 Å². The average molecular weight is 497 g/mol. The van der Waals surface area contributed by atoms with Gasteiger partial charge in [-0.3, -0.25) is 4.99 Å². The molecule has 0 unspecified atom stereocenters. The Morgan fingerprint density at radius 3 is 2.25 bits per heavy atom. The minimum absolute atomic E-state index is 0. The first-order valence-corrected chi connectivity index (χ1v) is 9.49. The zero-order valence-corrected chi connectivity index (χ0v) is 19.6. The van der Waals surface area contributed by atoms with Crippen molar-refractivity contribution < 1.29 is 9.47 Å². The molecule has 154 valence electrons. The monoisotopic (exact) mass is 497 g/mol. The first-order valence-electron chi connectivity index (χ1n) is 9.49. The number of ether oxygens (including phenoxy) is 2. The van der Waals surface area contributed by atoms with Crippen molar-refractivity contribution >= 4 is 29.9 Å². The minimum Gasteiger partial charge on any atom is -0.494 e. The molecule has 0 spiro atoms. The lowest BCUT2D eigenvalue weighted by Crippen LogP contribution is -2.36.